The molecule has 4 aliphatic heterocycles. The van der Waals surface area contributed by atoms with Crippen LogP contribution in [0, 0.1) is 13.8 Å². The molecule has 16 rings (SSSR count). The number of para-hydroxylation sites is 5. The van der Waals surface area contributed by atoms with Gasteiger partial charge in [0.25, 0.3) is 13.4 Å². The Morgan fingerprint density at radius 2 is 0.625 bits per heavy atom. The lowest BCUT2D eigenvalue weighted by molar-refractivity contribution is 1.20. The molecule has 0 aromatic heterocycles. The van der Waals surface area contributed by atoms with Crippen molar-refractivity contribution in [1.82, 2.24) is 0 Å². The average molecular weight is 1030 g/mol. The quantitative estimate of drug-likeness (QED) is 0.111. The molecule has 0 N–H and O–H groups in total. The molecule has 6 heteroatoms. The van der Waals surface area contributed by atoms with E-state index < -0.39 is 8.07 Å². The second kappa shape index (κ2) is 18.2. The lowest BCUT2D eigenvalue weighted by Gasteiger charge is -2.51. The Bertz CT molecular complexity index is 4240. The topological polar surface area (TPSA) is 9.72 Å². The summed E-state index contributed by atoms with van der Waals surface area (Å²) in [6.07, 6.45) is 0. The van der Waals surface area contributed by atoms with Crippen molar-refractivity contribution in [2.45, 2.75) is 13.8 Å². The van der Waals surface area contributed by atoms with E-state index in [0.29, 0.717) is 0 Å². The van der Waals surface area contributed by atoms with Crippen molar-refractivity contribution in [1.29, 1.82) is 0 Å². The van der Waals surface area contributed by atoms with Crippen LogP contribution in [0.15, 0.2) is 285 Å². The van der Waals surface area contributed by atoms with Gasteiger partial charge in [-0.15, -0.1) is 0 Å². The number of nitrogens with zero attached hydrogens (tertiary/aromatic N) is 3. The summed E-state index contributed by atoms with van der Waals surface area (Å²) in [6.45, 7) is 4.43. The largest absolute Gasteiger partial charge is 0.312 e. The van der Waals surface area contributed by atoms with Crippen molar-refractivity contribution in [3.05, 3.63) is 296 Å². The van der Waals surface area contributed by atoms with Gasteiger partial charge in [0.15, 0.2) is 8.07 Å². The lowest BCUT2D eigenvalue weighted by Crippen LogP contribution is -2.75. The van der Waals surface area contributed by atoms with Crippen molar-refractivity contribution < 1.29 is 0 Å². The smallest absolute Gasteiger partial charge is 0.252 e. The first kappa shape index (κ1) is 46.5. The van der Waals surface area contributed by atoms with Crippen LogP contribution in [-0.4, -0.2) is 21.5 Å². The Hall–Kier alpha value is -9.61. The van der Waals surface area contributed by atoms with Gasteiger partial charge in [-0.2, -0.15) is 0 Å². The molecule has 0 fully saturated rings. The molecule has 0 unspecified atom stereocenters. The number of benzene rings is 12. The monoisotopic (exact) mass is 1030 g/mol. The predicted molar refractivity (Wildman–Crippen MR) is 344 cm³/mol. The van der Waals surface area contributed by atoms with E-state index in [4.69, 9.17) is 0 Å². The van der Waals surface area contributed by atoms with Crippen molar-refractivity contribution in [2.75, 3.05) is 14.7 Å². The van der Waals surface area contributed by atoms with E-state index in [2.05, 4.69) is 314 Å². The Labute approximate surface area is 470 Å². The van der Waals surface area contributed by atoms with Crippen LogP contribution in [0.4, 0.5) is 51.2 Å². The zero-order chi connectivity index (χ0) is 53.1. The fourth-order valence-electron chi connectivity index (χ4n) is 14.7. The molecule has 12 aromatic carbocycles. The summed E-state index contributed by atoms with van der Waals surface area (Å²) in [5.74, 6) is 0. The fourth-order valence-corrected chi connectivity index (χ4v) is 19.4. The molecular formula is C74H53B2N3Si. The first-order chi connectivity index (χ1) is 39.6. The summed E-state index contributed by atoms with van der Waals surface area (Å²) >= 11 is 0. The number of aryl methyl sites for hydroxylation is 2. The van der Waals surface area contributed by atoms with Crippen molar-refractivity contribution in [3.8, 4) is 22.3 Å². The highest BCUT2D eigenvalue weighted by Gasteiger charge is 2.53. The van der Waals surface area contributed by atoms with Gasteiger partial charge in [-0.25, -0.2) is 0 Å². The standard InChI is InChI=1S/C74H53B2N3Si/c1-50-26-24-27-51(2)72(50)78-65-44-22-20-42-62(65)76-63-48-57(80(54-32-12-5-13-33-54,55-34-14-6-15-35-55)56-36-16-7-17-37-56)46-47-67(63)77-64-43-21-18-40-60(64)75-61-41-19-23-45-66(61)79(69-49-68(78)71(76)74(77)70(69)75)73-58(52-28-8-3-9-29-52)38-25-39-59(73)53-30-10-4-11-31-53/h3-49H,1-2H3. The molecule has 374 valence electrons. The maximum atomic E-state index is 2.69. The summed E-state index contributed by atoms with van der Waals surface area (Å²) in [5.41, 5.74) is 26.1. The molecule has 3 nitrogen and oxygen atoms in total. The van der Waals surface area contributed by atoms with E-state index in [9.17, 15) is 0 Å². The Morgan fingerprint density at radius 3 is 1.09 bits per heavy atom. The zero-order valence-electron chi connectivity index (χ0n) is 44.6. The number of hydrogen-bond donors (Lipinski definition) is 0. The van der Waals surface area contributed by atoms with Gasteiger partial charge in [0.2, 0.25) is 0 Å². The second-order valence-electron chi connectivity index (χ2n) is 21.9. The van der Waals surface area contributed by atoms with Crippen LogP contribution in [0.25, 0.3) is 22.3 Å². The fraction of sp³-hybridized carbons (Fsp3) is 0.0270. The summed E-state index contributed by atoms with van der Waals surface area (Å²) in [5, 5.41) is 5.46. The van der Waals surface area contributed by atoms with Gasteiger partial charge >= 0.3 is 0 Å². The summed E-state index contributed by atoms with van der Waals surface area (Å²) in [4.78, 5) is 7.99. The van der Waals surface area contributed by atoms with Crippen LogP contribution < -0.4 is 68.2 Å². The first-order valence-corrected chi connectivity index (χ1v) is 30.1. The van der Waals surface area contributed by atoms with Crippen molar-refractivity contribution in [3.63, 3.8) is 0 Å². The van der Waals surface area contributed by atoms with Crippen LogP contribution in [0.2, 0.25) is 0 Å². The Kier molecular flexibility index (Phi) is 10.6. The van der Waals surface area contributed by atoms with E-state index in [0.717, 1.165) is 0 Å². The van der Waals surface area contributed by atoms with Crippen LogP contribution in [0.3, 0.4) is 0 Å². The van der Waals surface area contributed by atoms with Gasteiger partial charge in [-0.1, -0.05) is 255 Å². The second-order valence-corrected chi connectivity index (χ2v) is 25.7. The van der Waals surface area contributed by atoms with Crippen LogP contribution >= 0.6 is 0 Å². The zero-order valence-corrected chi connectivity index (χ0v) is 45.6. The normalized spacial score (nSPS) is 13.2. The average Bonchev–Trinajstić information content (AvgIpc) is 3.71. The third kappa shape index (κ3) is 6.63. The minimum atomic E-state index is -2.97. The summed E-state index contributed by atoms with van der Waals surface area (Å²) in [7, 11) is -2.97. The molecule has 0 spiro atoms. The maximum Gasteiger partial charge on any atom is 0.252 e. The molecule has 0 saturated carbocycles. The molecule has 0 amide bonds. The molecule has 4 heterocycles. The number of hydrogen-bond acceptors (Lipinski definition) is 3. The third-order valence-electron chi connectivity index (χ3n) is 17.8. The van der Waals surface area contributed by atoms with Gasteiger partial charge in [-0.05, 0) is 120 Å². The van der Waals surface area contributed by atoms with Gasteiger partial charge in [0, 0.05) is 50.9 Å². The summed E-state index contributed by atoms with van der Waals surface area (Å²) in [6, 6.07) is 108. The lowest BCUT2D eigenvalue weighted by atomic mass is 9.29. The molecule has 4 aliphatic rings. The van der Waals surface area contributed by atoms with E-state index in [1.54, 1.807) is 0 Å². The predicted octanol–water partition coefficient (Wildman–Crippen LogP) is 11.7. The Morgan fingerprint density at radius 1 is 0.263 bits per heavy atom. The van der Waals surface area contributed by atoms with Crippen molar-refractivity contribution in [2.24, 2.45) is 0 Å². The maximum absolute atomic E-state index is 2.97. The molecule has 80 heavy (non-hydrogen) atoms. The first-order valence-electron chi connectivity index (χ1n) is 28.1. The van der Waals surface area contributed by atoms with E-state index in [-0.39, 0.29) is 13.4 Å². The SMILES string of the molecule is Cc1cccc(C)c1N1c2ccccc2B2c3cc([Si](c4ccccc4)(c4ccccc4)c4ccccc4)ccc3N3c4ccccc4B4c5ccccc5N(c5c(-c6ccccc6)cccc5-c5ccccc5)c5cc1c2c3c54. The molecule has 0 aliphatic carbocycles. The van der Waals surface area contributed by atoms with Gasteiger partial charge in [-0.3, -0.25) is 0 Å². The summed E-state index contributed by atoms with van der Waals surface area (Å²) < 4.78 is 0. The molecule has 0 saturated heterocycles. The highest BCUT2D eigenvalue weighted by atomic mass is 28.3. The Balaban J connectivity index is 1.07. The van der Waals surface area contributed by atoms with E-state index in [1.807, 2.05) is 0 Å². The minimum Gasteiger partial charge on any atom is -0.312 e. The number of rotatable bonds is 8. The van der Waals surface area contributed by atoms with Crippen LogP contribution in [0.5, 0.6) is 0 Å². The van der Waals surface area contributed by atoms with Gasteiger partial charge in [0.1, 0.15) is 0 Å². The molecule has 0 bridgehead atoms. The molecular weight excluding hydrogens is 981 g/mol. The minimum absolute atomic E-state index is 0.0455. The van der Waals surface area contributed by atoms with E-state index in [1.165, 1.54) is 138 Å². The van der Waals surface area contributed by atoms with E-state index >= 15 is 0 Å². The van der Waals surface area contributed by atoms with Gasteiger partial charge < -0.3 is 14.7 Å². The molecule has 0 radical (unpaired) electrons. The molecule has 12 aromatic rings. The number of anilines is 9. The van der Waals surface area contributed by atoms with Gasteiger partial charge in [0.05, 0.1) is 11.4 Å². The number of fused-ring (bicyclic) bond motifs is 10. The highest BCUT2D eigenvalue weighted by molar-refractivity contribution is 7.20. The van der Waals surface area contributed by atoms with Crippen LogP contribution in [0.1, 0.15) is 11.1 Å². The molecule has 0 atom stereocenters. The van der Waals surface area contributed by atoms with Crippen molar-refractivity contribution >= 4 is 126 Å². The third-order valence-corrected chi connectivity index (χ3v) is 22.6. The van der Waals surface area contributed by atoms with Crippen LogP contribution in [-0.2, 0) is 0 Å². The highest BCUT2D eigenvalue weighted by Crippen LogP contribution is 2.53.